The summed E-state index contributed by atoms with van der Waals surface area (Å²) in [6.45, 7) is 6.44. The van der Waals surface area contributed by atoms with E-state index in [1.54, 1.807) is 0 Å². The molecule has 1 atom stereocenters. The number of aromatic amines is 1. The summed E-state index contributed by atoms with van der Waals surface area (Å²) >= 11 is 0. The molecule has 22 heavy (non-hydrogen) atoms. The normalized spacial score (nSPS) is 15.2. The molecule has 2 heterocycles. The predicted molar refractivity (Wildman–Crippen MR) is 85.9 cm³/mol. The van der Waals surface area contributed by atoms with E-state index >= 15 is 0 Å². The fourth-order valence-corrected chi connectivity index (χ4v) is 2.76. The van der Waals surface area contributed by atoms with Crippen LogP contribution in [0.25, 0.3) is 0 Å². The molecule has 1 unspecified atom stereocenters. The Morgan fingerprint density at radius 1 is 1.36 bits per heavy atom. The van der Waals surface area contributed by atoms with Crippen molar-refractivity contribution >= 4 is 5.91 Å². The van der Waals surface area contributed by atoms with Crippen molar-refractivity contribution in [3.05, 3.63) is 52.3 Å². The second-order valence-corrected chi connectivity index (χ2v) is 5.98. The van der Waals surface area contributed by atoms with Crippen LogP contribution < -0.4 is 10.6 Å². The van der Waals surface area contributed by atoms with Crippen LogP contribution in [0, 0.1) is 6.92 Å². The number of hydrogen-bond donors (Lipinski definition) is 3. The van der Waals surface area contributed by atoms with E-state index in [1.165, 1.54) is 11.1 Å². The van der Waals surface area contributed by atoms with Gasteiger partial charge in [0, 0.05) is 37.3 Å². The number of carbonyl (C=O) groups is 1. The number of hydrogen-bond acceptors (Lipinski definition) is 3. The van der Waals surface area contributed by atoms with Gasteiger partial charge in [-0.2, -0.15) is 5.10 Å². The van der Waals surface area contributed by atoms with Gasteiger partial charge in [-0.3, -0.25) is 9.89 Å². The van der Waals surface area contributed by atoms with Crippen molar-refractivity contribution in [2.75, 3.05) is 13.1 Å². The average Bonchev–Trinajstić information content (AvgIpc) is 2.97. The smallest absolute Gasteiger partial charge is 0.272 e. The highest BCUT2D eigenvalue weighted by molar-refractivity contribution is 5.94. The van der Waals surface area contributed by atoms with E-state index < -0.39 is 0 Å². The van der Waals surface area contributed by atoms with Crippen molar-refractivity contribution in [2.24, 2.45) is 0 Å². The molecular formula is C17H22N4O. The van der Waals surface area contributed by atoms with Crippen LogP contribution in [0.2, 0.25) is 0 Å². The summed E-state index contributed by atoms with van der Waals surface area (Å²) in [5.41, 5.74) is 5.09. The topological polar surface area (TPSA) is 69.8 Å². The Balaban J connectivity index is 1.62. The monoisotopic (exact) mass is 298 g/mol. The highest BCUT2D eigenvalue weighted by atomic mass is 16.1. The lowest BCUT2D eigenvalue weighted by atomic mass is 10.00. The molecule has 0 spiro atoms. The number of carbonyl (C=O) groups excluding carboxylic acids is 1. The van der Waals surface area contributed by atoms with Crippen LogP contribution in [0.4, 0.5) is 0 Å². The molecule has 1 aromatic carbocycles. The fourth-order valence-electron chi connectivity index (χ4n) is 2.76. The van der Waals surface area contributed by atoms with Crippen LogP contribution in [0.15, 0.2) is 24.3 Å². The third-order valence-corrected chi connectivity index (χ3v) is 4.24. The summed E-state index contributed by atoms with van der Waals surface area (Å²) in [5.74, 6) is 0.178. The van der Waals surface area contributed by atoms with Crippen molar-refractivity contribution < 1.29 is 4.79 Å². The summed E-state index contributed by atoms with van der Waals surface area (Å²) in [4.78, 5) is 12.3. The van der Waals surface area contributed by atoms with Gasteiger partial charge in [0.15, 0.2) is 5.69 Å². The van der Waals surface area contributed by atoms with Gasteiger partial charge in [0.2, 0.25) is 0 Å². The summed E-state index contributed by atoms with van der Waals surface area (Å²) < 4.78 is 0. The molecule has 1 amide bonds. The van der Waals surface area contributed by atoms with Crippen molar-refractivity contribution in [3.8, 4) is 0 Å². The molecule has 2 aromatic rings. The molecule has 0 radical (unpaired) electrons. The lowest BCUT2D eigenvalue weighted by Gasteiger charge is -2.15. The lowest BCUT2D eigenvalue weighted by molar-refractivity contribution is 0.0945. The van der Waals surface area contributed by atoms with Gasteiger partial charge >= 0.3 is 0 Å². The first-order chi connectivity index (χ1) is 10.6. The minimum absolute atomic E-state index is 0.0971. The molecular weight excluding hydrogens is 276 g/mol. The van der Waals surface area contributed by atoms with Gasteiger partial charge in [0.1, 0.15) is 0 Å². The van der Waals surface area contributed by atoms with Crippen molar-refractivity contribution in [2.45, 2.75) is 32.7 Å². The van der Waals surface area contributed by atoms with E-state index in [0.717, 1.165) is 24.2 Å². The maximum atomic E-state index is 12.3. The number of rotatable bonds is 4. The van der Waals surface area contributed by atoms with Crippen LogP contribution in [-0.4, -0.2) is 29.2 Å². The van der Waals surface area contributed by atoms with Crippen LogP contribution in [0.1, 0.15) is 45.7 Å². The molecule has 1 aromatic heterocycles. The number of aromatic nitrogens is 2. The molecule has 5 heteroatoms. The number of fused-ring (bicyclic) bond motifs is 1. The summed E-state index contributed by atoms with van der Waals surface area (Å²) in [5, 5.41) is 13.4. The SMILES string of the molecule is Cc1ccc(C(C)CNC(=O)c2n[nH]c3c2CNCC3)cc1. The van der Waals surface area contributed by atoms with Crippen LogP contribution >= 0.6 is 0 Å². The Kier molecular flexibility index (Phi) is 4.24. The average molecular weight is 298 g/mol. The van der Waals surface area contributed by atoms with Gasteiger partial charge in [0.25, 0.3) is 5.91 Å². The molecule has 1 aliphatic rings. The van der Waals surface area contributed by atoms with E-state index in [9.17, 15) is 4.79 Å². The van der Waals surface area contributed by atoms with Gasteiger partial charge in [-0.15, -0.1) is 0 Å². The van der Waals surface area contributed by atoms with Crippen LogP contribution in [0.3, 0.4) is 0 Å². The number of amides is 1. The molecule has 0 aliphatic carbocycles. The van der Waals surface area contributed by atoms with E-state index in [-0.39, 0.29) is 11.8 Å². The molecule has 0 saturated heterocycles. The Morgan fingerprint density at radius 2 is 2.14 bits per heavy atom. The van der Waals surface area contributed by atoms with Crippen LogP contribution in [0.5, 0.6) is 0 Å². The lowest BCUT2D eigenvalue weighted by Crippen LogP contribution is -2.30. The molecule has 1 aliphatic heterocycles. The van der Waals surface area contributed by atoms with E-state index in [1.807, 2.05) is 0 Å². The van der Waals surface area contributed by atoms with E-state index in [0.29, 0.717) is 18.8 Å². The molecule has 3 rings (SSSR count). The maximum Gasteiger partial charge on any atom is 0.272 e. The second kappa shape index (κ2) is 6.32. The number of benzene rings is 1. The first-order valence-corrected chi connectivity index (χ1v) is 7.76. The third-order valence-electron chi connectivity index (χ3n) is 4.24. The first-order valence-electron chi connectivity index (χ1n) is 7.76. The van der Waals surface area contributed by atoms with Gasteiger partial charge in [-0.1, -0.05) is 36.8 Å². The first kappa shape index (κ1) is 14.8. The number of H-pyrrole nitrogens is 1. The Morgan fingerprint density at radius 3 is 2.91 bits per heavy atom. The standard InChI is InChI=1S/C17H22N4O/c1-11-3-5-13(6-4-11)12(2)9-19-17(22)16-14-10-18-8-7-15(14)20-21-16/h3-6,12,18H,7-10H2,1-2H3,(H,19,22)(H,20,21). The molecule has 116 valence electrons. The molecule has 0 saturated carbocycles. The molecule has 0 fully saturated rings. The summed E-state index contributed by atoms with van der Waals surface area (Å²) in [7, 11) is 0. The second-order valence-electron chi connectivity index (χ2n) is 5.98. The quantitative estimate of drug-likeness (QED) is 0.807. The molecule has 5 nitrogen and oxygen atoms in total. The van der Waals surface area contributed by atoms with Gasteiger partial charge in [0.05, 0.1) is 0 Å². The zero-order chi connectivity index (χ0) is 15.5. The Labute approximate surface area is 130 Å². The summed E-state index contributed by atoms with van der Waals surface area (Å²) in [6.07, 6.45) is 0.898. The zero-order valence-corrected chi connectivity index (χ0v) is 13.1. The Bertz CT molecular complexity index is 660. The summed E-state index contributed by atoms with van der Waals surface area (Å²) in [6, 6.07) is 8.44. The number of aryl methyl sites for hydroxylation is 1. The predicted octanol–water partition coefficient (Wildman–Crippen LogP) is 1.90. The van der Waals surface area contributed by atoms with Crippen molar-refractivity contribution in [1.29, 1.82) is 0 Å². The van der Waals surface area contributed by atoms with E-state index in [4.69, 9.17) is 0 Å². The maximum absolute atomic E-state index is 12.3. The largest absolute Gasteiger partial charge is 0.350 e. The number of nitrogens with one attached hydrogen (secondary N) is 3. The van der Waals surface area contributed by atoms with Crippen molar-refractivity contribution in [3.63, 3.8) is 0 Å². The van der Waals surface area contributed by atoms with Crippen LogP contribution in [-0.2, 0) is 13.0 Å². The number of nitrogens with zero attached hydrogens (tertiary/aromatic N) is 1. The minimum atomic E-state index is -0.0971. The third kappa shape index (κ3) is 3.04. The molecule has 0 bridgehead atoms. The van der Waals surface area contributed by atoms with Crippen molar-refractivity contribution in [1.82, 2.24) is 20.8 Å². The molecule has 3 N–H and O–H groups in total. The highest BCUT2D eigenvalue weighted by Gasteiger charge is 2.21. The minimum Gasteiger partial charge on any atom is -0.350 e. The van der Waals surface area contributed by atoms with Gasteiger partial charge in [-0.05, 0) is 18.4 Å². The Hall–Kier alpha value is -2.14. The zero-order valence-electron chi connectivity index (χ0n) is 13.1. The fraction of sp³-hybridized carbons (Fsp3) is 0.412. The van der Waals surface area contributed by atoms with E-state index in [2.05, 4.69) is 58.9 Å². The van der Waals surface area contributed by atoms with Gasteiger partial charge in [-0.25, -0.2) is 0 Å². The van der Waals surface area contributed by atoms with Gasteiger partial charge < -0.3 is 10.6 Å². The highest BCUT2D eigenvalue weighted by Crippen LogP contribution is 2.17.